The molecule has 0 aromatic heterocycles. The average Bonchev–Trinajstić information content (AvgIpc) is 3.11. The lowest BCUT2D eigenvalue weighted by atomic mass is 10.3. The second-order valence-electron chi connectivity index (χ2n) is 6.20. The highest BCUT2D eigenvalue weighted by atomic mass is 32.2. The summed E-state index contributed by atoms with van der Waals surface area (Å²) in [5.41, 5.74) is 0. The number of sulfonamides is 1. The van der Waals surface area contributed by atoms with Crippen LogP contribution in [0.2, 0.25) is 0 Å². The number of aliphatic imine (C=N–C) groups is 1. The van der Waals surface area contributed by atoms with Crippen molar-refractivity contribution in [2.45, 2.75) is 18.2 Å². The van der Waals surface area contributed by atoms with E-state index in [1.807, 2.05) is 4.90 Å². The maximum absolute atomic E-state index is 13.0. The first-order valence-electron chi connectivity index (χ1n) is 8.61. The van der Waals surface area contributed by atoms with E-state index in [4.69, 9.17) is 0 Å². The number of benzene rings is 1. The number of guanidine groups is 1. The van der Waals surface area contributed by atoms with Gasteiger partial charge in [0.2, 0.25) is 5.96 Å². The average molecular weight is 406 g/mol. The Morgan fingerprint density at radius 1 is 1.15 bits per heavy atom. The molecule has 11 heteroatoms. The van der Waals surface area contributed by atoms with Crippen molar-refractivity contribution in [2.75, 3.05) is 45.8 Å². The summed E-state index contributed by atoms with van der Waals surface area (Å²) in [4.78, 5) is 8.23. The smallest absolute Gasteiger partial charge is 0.406 e. The Labute approximate surface area is 156 Å². The molecule has 2 heterocycles. The maximum Gasteiger partial charge on any atom is 0.573 e. The summed E-state index contributed by atoms with van der Waals surface area (Å²) in [6.07, 6.45) is -4.89. The largest absolute Gasteiger partial charge is 0.573 e. The summed E-state index contributed by atoms with van der Waals surface area (Å²) in [5, 5.41) is 0. The van der Waals surface area contributed by atoms with Crippen molar-refractivity contribution in [1.29, 1.82) is 0 Å². The van der Waals surface area contributed by atoms with Crippen LogP contribution in [0.4, 0.5) is 13.2 Å². The minimum Gasteiger partial charge on any atom is -0.406 e. The first-order valence-corrected chi connectivity index (χ1v) is 10.0. The molecule has 150 valence electrons. The third kappa shape index (κ3) is 4.46. The highest BCUT2D eigenvalue weighted by Gasteiger charge is 2.36. The molecular formula is C16H21F3N4O3S. The Kier molecular flexibility index (Phi) is 5.52. The van der Waals surface area contributed by atoms with Gasteiger partial charge in [0, 0.05) is 32.2 Å². The maximum atomic E-state index is 13.0. The van der Waals surface area contributed by atoms with Crippen LogP contribution < -0.4 is 4.74 Å². The summed E-state index contributed by atoms with van der Waals surface area (Å²) in [6.45, 7) is 6.38. The van der Waals surface area contributed by atoms with Crippen molar-refractivity contribution in [3.8, 4) is 5.75 Å². The van der Waals surface area contributed by atoms with E-state index in [0.717, 1.165) is 31.8 Å². The van der Waals surface area contributed by atoms with Gasteiger partial charge in [0.15, 0.2) is 0 Å². The van der Waals surface area contributed by atoms with E-state index in [-0.39, 0.29) is 11.4 Å². The molecule has 1 saturated heterocycles. The molecule has 2 aliphatic rings. The van der Waals surface area contributed by atoms with Gasteiger partial charge in [-0.25, -0.2) is 12.7 Å². The quantitative estimate of drug-likeness (QED) is 0.760. The predicted octanol–water partition coefficient (Wildman–Crippen LogP) is 1.58. The van der Waals surface area contributed by atoms with Gasteiger partial charge in [-0.1, -0.05) is 13.0 Å². The molecule has 0 saturated carbocycles. The van der Waals surface area contributed by atoms with Gasteiger partial charge in [-0.2, -0.15) is 0 Å². The molecule has 0 bridgehead atoms. The molecule has 0 N–H and O–H groups in total. The highest BCUT2D eigenvalue weighted by Crippen LogP contribution is 2.27. The number of ether oxygens (including phenoxy) is 1. The van der Waals surface area contributed by atoms with Crippen LogP contribution in [0.5, 0.6) is 5.75 Å². The number of hydrogen-bond acceptors (Lipinski definition) is 6. The van der Waals surface area contributed by atoms with Crippen molar-refractivity contribution in [3.63, 3.8) is 0 Å². The highest BCUT2D eigenvalue weighted by molar-refractivity contribution is 7.89. The van der Waals surface area contributed by atoms with Crippen molar-refractivity contribution in [3.05, 3.63) is 24.3 Å². The zero-order valence-corrected chi connectivity index (χ0v) is 15.6. The summed E-state index contributed by atoms with van der Waals surface area (Å²) in [6, 6.07) is 4.42. The fraction of sp³-hybridized carbons (Fsp3) is 0.562. The Morgan fingerprint density at radius 3 is 2.48 bits per heavy atom. The van der Waals surface area contributed by atoms with Gasteiger partial charge in [0.05, 0.1) is 18.0 Å². The van der Waals surface area contributed by atoms with Crippen LogP contribution >= 0.6 is 0 Å². The number of halogens is 3. The molecule has 0 aliphatic carbocycles. The SMILES string of the molecule is CCN1CCN(C2=NCCN2S(=O)(=O)c2cccc(OC(F)(F)F)c2)CC1. The van der Waals surface area contributed by atoms with Crippen molar-refractivity contribution in [1.82, 2.24) is 14.1 Å². The Morgan fingerprint density at radius 2 is 1.85 bits per heavy atom. The lowest BCUT2D eigenvalue weighted by molar-refractivity contribution is -0.274. The molecule has 0 unspecified atom stereocenters. The summed E-state index contributed by atoms with van der Waals surface area (Å²) < 4.78 is 68.3. The van der Waals surface area contributed by atoms with Crippen LogP contribution in [-0.4, -0.2) is 80.7 Å². The number of alkyl halides is 3. The fourth-order valence-electron chi connectivity index (χ4n) is 3.13. The molecule has 0 spiro atoms. The zero-order chi connectivity index (χ0) is 19.7. The number of hydrogen-bond donors (Lipinski definition) is 0. The van der Waals surface area contributed by atoms with Crippen molar-refractivity contribution < 1.29 is 26.3 Å². The summed E-state index contributed by atoms with van der Waals surface area (Å²) >= 11 is 0. The molecule has 0 atom stereocenters. The minimum absolute atomic E-state index is 0.163. The van der Waals surface area contributed by atoms with E-state index in [9.17, 15) is 21.6 Å². The lowest BCUT2D eigenvalue weighted by Gasteiger charge is -2.37. The van der Waals surface area contributed by atoms with Crippen LogP contribution in [-0.2, 0) is 10.0 Å². The molecule has 0 amide bonds. The fourth-order valence-corrected chi connectivity index (χ4v) is 4.61. The Balaban J connectivity index is 1.80. The van der Waals surface area contributed by atoms with E-state index in [1.54, 1.807) is 0 Å². The van der Waals surface area contributed by atoms with Crippen LogP contribution in [0, 0.1) is 0 Å². The van der Waals surface area contributed by atoms with Crippen molar-refractivity contribution >= 4 is 16.0 Å². The van der Waals surface area contributed by atoms with Gasteiger partial charge in [0.1, 0.15) is 5.75 Å². The number of rotatable bonds is 4. The summed E-state index contributed by atoms with van der Waals surface area (Å²) in [7, 11) is -4.03. The number of piperazine rings is 1. The van der Waals surface area contributed by atoms with E-state index < -0.39 is 22.1 Å². The van der Waals surface area contributed by atoms with Crippen LogP contribution in [0.25, 0.3) is 0 Å². The third-order valence-corrected chi connectivity index (χ3v) is 6.28. The molecule has 1 aromatic rings. The van der Waals surface area contributed by atoms with Gasteiger partial charge < -0.3 is 14.5 Å². The van der Waals surface area contributed by atoms with Gasteiger partial charge in [-0.15, -0.1) is 13.2 Å². The molecular weight excluding hydrogens is 385 g/mol. The second-order valence-corrected chi connectivity index (χ2v) is 8.07. The summed E-state index contributed by atoms with van der Waals surface area (Å²) in [5.74, 6) is -0.217. The van der Waals surface area contributed by atoms with Gasteiger partial charge in [-0.05, 0) is 18.7 Å². The van der Waals surface area contributed by atoms with Crippen LogP contribution in [0.1, 0.15) is 6.92 Å². The molecule has 0 radical (unpaired) electrons. The van der Waals surface area contributed by atoms with E-state index >= 15 is 0 Å². The Hall–Kier alpha value is -2.01. The number of likely N-dealkylation sites (N-methyl/N-ethyl adjacent to an activating group) is 1. The van der Waals surface area contributed by atoms with Gasteiger partial charge >= 0.3 is 6.36 Å². The van der Waals surface area contributed by atoms with E-state index in [1.165, 1.54) is 16.4 Å². The molecule has 1 fully saturated rings. The van der Waals surface area contributed by atoms with Gasteiger partial charge in [-0.3, -0.25) is 4.99 Å². The normalized spacial score (nSPS) is 19.3. The standard InChI is InChI=1S/C16H21F3N4O3S/c1-2-21-8-10-22(11-9-21)15-20-6-7-23(15)27(24,25)14-5-3-4-13(12-14)26-16(17,18)19/h3-5,12H,2,6-11H2,1H3. The first-order chi connectivity index (χ1) is 12.7. The van der Waals surface area contributed by atoms with E-state index in [0.29, 0.717) is 25.6 Å². The molecule has 3 rings (SSSR count). The van der Waals surface area contributed by atoms with Crippen molar-refractivity contribution in [2.24, 2.45) is 4.99 Å². The lowest BCUT2D eigenvalue weighted by Crippen LogP contribution is -2.53. The van der Waals surface area contributed by atoms with E-state index in [2.05, 4.69) is 21.6 Å². The predicted molar refractivity (Wildman–Crippen MR) is 93.0 cm³/mol. The molecule has 2 aliphatic heterocycles. The number of nitrogens with zero attached hydrogens (tertiary/aromatic N) is 4. The molecule has 7 nitrogen and oxygen atoms in total. The molecule has 27 heavy (non-hydrogen) atoms. The minimum atomic E-state index is -4.89. The van der Waals surface area contributed by atoms with Crippen LogP contribution in [0.3, 0.4) is 0 Å². The molecule has 1 aromatic carbocycles. The zero-order valence-electron chi connectivity index (χ0n) is 14.8. The first kappa shape index (κ1) is 19.7. The second kappa shape index (κ2) is 7.55. The van der Waals surface area contributed by atoms with Gasteiger partial charge in [0.25, 0.3) is 10.0 Å². The Bertz CT molecular complexity index is 805. The van der Waals surface area contributed by atoms with Crippen LogP contribution in [0.15, 0.2) is 34.2 Å². The third-order valence-electron chi connectivity index (χ3n) is 4.51. The monoisotopic (exact) mass is 406 g/mol. The topological polar surface area (TPSA) is 65.5 Å².